The molecule has 2 aromatic carbocycles. The van der Waals surface area contributed by atoms with Gasteiger partial charge in [-0.3, -0.25) is 4.79 Å². The van der Waals surface area contributed by atoms with Crippen LogP contribution in [-0.2, 0) is 0 Å². The molecule has 134 valence electrons. The van der Waals surface area contributed by atoms with Crippen molar-refractivity contribution in [3.63, 3.8) is 0 Å². The van der Waals surface area contributed by atoms with Gasteiger partial charge in [-0.15, -0.1) is 0 Å². The summed E-state index contributed by atoms with van der Waals surface area (Å²) in [6.07, 6.45) is 2.89. The van der Waals surface area contributed by atoms with Crippen LogP contribution in [0.5, 0.6) is 0 Å². The Morgan fingerprint density at radius 1 is 1.04 bits per heavy atom. The zero-order chi connectivity index (χ0) is 19.2. The maximum atomic E-state index is 12.3. The number of amides is 1. The van der Waals surface area contributed by atoms with E-state index in [9.17, 15) is 4.79 Å². The van der Waals surface area contributed by atoms with E-state index in [2.05, 4.69) is 40.5 Å². The smallest absolute Gasteiger partial charge is 0.258 e. The molecular weight excluding hydrogens is 338 g/mol. The molecule has 0 saturated heterocycles. The van der Waals surface area contributed by atoms with Gasteiger partial charge >= 0.3 is 0 Å². The summed E-state index contributed by atoms with van der Waals surface area (Å²) in [5.41, 5.74) is 3.39. The Morgan fingerprint density at radius 2 is 1.70 bits per heavy atom. The van der Waals surface area contributed by atoms with E-state index >= 15 is 0 Å². The van der Waals surface area contributed by atoms with Gasteiger partial charge in [-0.1, -0.05) is 38.1 Å². The minimum absolute atomic E-state index is 0.281. The number of carbonyl (C=O) groups excluding carboxylic acids is 1. The first-order chi connectivity index (χ1) is 13.1. The molecule has 27 heavy (non-hydrogen) atoms. The summed E-state index contributed by atoms with van der Waals surface area (Å²) >= 11 is 0. The van der Waals surface area contributed by atoms with Gasteiger partial charge in [0.25, 0.3) is 5.91 Å². The van der Waals surface area contributed by atoms with Gasteiger partial charge in [0.15, 0.2) is 0 Å². The summed E-state index contributed by atoms with van der Waals surface area (Å²) in [4.78, 5) is 20.7. The summed E-state index contributed by atoms with van der Waals surface area (Å²) in [6, 6.07) is 16.9. The molecule has 0 unspecified atom stereocenters. The van der Waals surface area contributed by atoms with Gasteiger partial charge in [-0.2, -0.15) is 5.26 Å². The number of anilines is 3. The van der Waals surface area contributed by atoms with Crippen LogP contribution in [-0.4, -0.2) is 15.9 Å². The lowest BCUT2D eigenvalue weighted by molar-refractivity contribution is 0.102. The van der Waals surface area contributed by atoms with Crippen LogP contribution in [0.3, 0.4) is 0 Å². The van der Waals surface area contributed by atoms with Crippen LogP contribution in [0.1, 0.15) is 41.3 Å². The number of nitrogens with one attached hydrogen (secondary N) is 2. The van der Waals surface area contributed by atoms with Crippen LogP contribution in [0.4, 0.5) is 17.3 Å². The molecule has 0 aliphatic carbocycles. The van der Waals surface area contributed by atoms with Crippen LogP contribution >= 0.6 is 0 Å². The fourth-order valence-corrected chi connectivity index (χ4v) is 2.47. The van der Waals surface area contributed by atoms with Crippen molar-refractivity contribution in [1.29, 1.82) is 5.26 Å². The number of para-hydroxylation sites is 1. The number of aromatic nitrogens is 2. The topological polar surface area (TPSA) is 90.7 Å². The predicted molar refractivity (Wildman–Crippen MR) is 105 cm³/mol. The number of hydrogen-bond acceptors (Lipinski definition) is 5. The molecule has 0 radical (unpaired) electrons. The van der Waals surface area contributed by atoms with E-state index in [-0.39, 0.29) is 5.91 Å². The minimum atomic E-state index is -0.281. The van der Waals surface area contributed by atoms with Crippen LogP contribution < -0.4 is 10.6 Å². The largest absolute Gasteiger partial charge is 0.323 e. The molecular formula is C21H19N5O. The Morgan fingerprint density at radius 3 is 2.33 bits per heavy atom. The first-order valence-electron chi connectivity index (χ1n) is 8.56. The number of carbonyl (C=O) groups is 1. The molecule has 0 fully saturated rings. The van der Waals surface area contributed by atoms with Crippen molar-refractivity contribution in [2.75, 3.05) is 10.6 Å². The summed E-state index contributed by atoms with van der Waals surface area (Å²) in [5, 5.41) is 14.9. The van der Waals surface area contributed by atoms with Gasteiger partial charge < -0.3 is 10.6 Å². The minimum Gasteiger partial charge on any atom is -0.323 e. The molecule has 3 rings (SSSR count). The first kappa shape index (κ1) is 18.1. The number of nitriles is 1. The number of benzene rings is 2. The van der Waals surface area contributed by atoms with E-state index in [1.165, 1.54) is 18.0 Å². The van der Waals surface area contributed by atoms with Gasteiger partial charge in [-0.25, -0.2) is 9.97 Å². The van der Waals surface area contributed by atoms with Crippen LogP contribution in [0.15, 0.2) is 60.9 Å². The van der Waals surface area contributed by atoms with Crippen molar-refractivity contribution in [2.24, 2.45) is 0 Å². The Kier molecular flexibility index (Phi) is 5.43. The van der Waals surface area contributed by atoms with E-state index in [4.69, 9.17) is 5.26 Å². The van der Waals surface area contributed by atoms with Crippen LogP contribution in [0, 0.1) is 11.3 Å². The zero-order valence-corrected chi connectivity index (χ0v) is 15.1. The number of nitrogens with zero attached hydrogens (tertiary/aromatic N) is 3. The first-order valence-corrected chi connectivity index (χ1v) is 8.56. The van der Waals surface area contributed by atoms with Crippen LogP contribution in [0.2, 0.25) is 0 Å². The van der Waals surface area contributed by atoms with Crippen molar-refractivity contribution in [1.82, 2.24) is 9.97 Å². The van der Waals surface area contributed by atoms with Gasteiger partial charge in [0, 0.05) is 18.1 Å². The van der Waals surface area contributed by atoms with Crippen LogP contribution in [0.25, 0.3) is 0 Å². The Balaban J connectivity index is 1.67. The molecule has 0 aliphatic heterocycles. The zero-order valence-electron chi connectivity index (χ0n) is 15.1. The van der Waals surface area contributed by atoms with E-state index in [1.54, 1.807) is 18.2 Å². The van der Waals surface area contributed by atoms with Crippen molar-refractivity contribution in [3.05, 3.63) is 77.6 Å². The third kappa shape index (κ3) is 4.47. The van der Waals surface area contributed by atoms with E-state index in [1.807, 2.05) is 30.3 Å². The van der Waals surface area contributed by atoms with Crippen molar-refractivity contribution >= 4 is 23.2 Å². The summed E-state index contributed by atoms with van der Waals surface area (Å²) < 4.78 is 0. The molecule has 0 atom stereocenters. The molecule has 0 saturated carbocycles. The SMILES string of the molecule is CC(C)c1ccc(NC(=O)c2cnc(Nc3ccccc3C#N)nc2)cc1. The van der Waals surface area contributed by atoms with Crippen molar-refractivity contribution in [2.45, 2.75) is 19.8 Å². The standard InChI is InChI=1S/C21H19N5O/c1-14(2)15-7-9-18(10-8-15)25-20(27)17-12-23-21(24-13-17)26-19-6-4-3-5-16(19)11-22/h3-10,12-14H,1-2H3,(H,25,27)(H,23,24,26). The molecule has 3 aromatic rings. The second kappa shape index (κ2) is 8.11. The van der Waals surface area contributed by atoms with Gasteiger partial charge in [0.1, 0.15) is 6.07 Å². The Hall–Kier alpha value is -3.72. The lowest BCUT2D eigenvalue weighted by Crippen LogP contribution is -2.13. The lowest BCUT2D eigenvalue weighted by Gasteiger charge is -2.09. The molecule has 0 aliphatic rings. The predicted octanol–water partition coefficient (Wildman–Crippen LogP) is 4.47. The average Bonchev–Trinajstić information content (AvgIpc) is 2.69. The van der Waals surface area contributed by atoms with Crippen molar-refractivity contribution in [3.8, 4) is 6.07 Å². The number of hydrogen-bond donors (Lipinski definition) is 2. The molecule has 1 aromatic heterocycles. The fraction of sp³-hybridized carbons (Fsp3) is 0.143. The van der Waals surface area contributed by atoms with Crippen molar-refractivity contribution < 1.29 is 4.79 Å². The van der Waals surface area contributed by atoms with Gasteiger partial charge in [0.2, 0.25) is 5.95 Å². The second-order valence-corrected chi connectivity index (χ2v) is 6.31. The maximum absolute atomic E-state index is 12.3. The molecule has 2 N–H and O–H groups in total. The van der Waals surface area contributed by atoms with E-state index in [0.29, 0.717) is 28.7 Å². The van der Waals surface area contributed by atoms with E-state index < -0.39 is 0 Å². The lowest BCUT2D eigenvalue weighted by atomic mass is 10.0. The molecule has 6 heteroatoms. The highest BCUT2D eigenvalue weighted by Gasteiger charge is 2.09. The van der Waals surface area contributed by atoms with E-state index in [0.717, 1.165) is 5.69 Å². The molecule has 1 heterocycles. The quantitative estimate of drug-likeness (QED) is 0.703. The molecule has 0 spiro atoms. The highest BCUT2D eigenvalue weighted by atomic mass is 16.1. The monoisotopic (exact) mass is 357 g/mol. The second-order valence-electron chi connectivity index (χ2n) is 6.31. The summed E-state index contributed by atoms with van der Waals surface area (Å²) in [7, 11) is 0. The fourth-order valence-electron chi connectivity index (χ4n) is 2.47. The third-order valence-electron chi connectivity index (χ3n) is 4.04. The Labute approximate surface area is 157 Å². The number of rotatable bonds is 5. The molecule has 0 bridgehead atoms. The Bertz CT molecular complexity index is 973. The molecule has 1 amide bonds. The highest BCUT2D eigenvalue weighted by molar-refractivity contribution is 6.03. The third-order valence-corrected chi connectivity index (χ3v) is 4.04. The van der Waals surface area contributed by atoms with Gasteiger partial charge in [0.05, 0.1) is 16.8 Å². The summed E-state index contributed by atoms with van der Waals surface area (Å²) in [6.45, 7) is 4.24. The average molecular weight is 357 g/mol. The maximum Gasteiger partial charge on any atom is 0.258 e. The highest BCUT2D eigenvalue weighted by Crippen LogP contribution is 2.19. The van der Waals surface area contributed by atoms with Gasteiger partial charge in [-0.05, 0) is 35.7 Å². The normalized spacial score (nSPS) is 10.3. The molecule has 6 nitrogen and oxygen atoms in total. The summed E-state index contributed by atoms with van der Waals surface area (Å²) in [5.74, 6) is 0.473.